The Kier molecular flexibility index (Phi) is 3.43. The second-order valence-corrected chi connectivity index (χ2v) is 6.94. The smallest absolute Gasteiger partial charge is 0.158 e. The molecule has 0 atom stereocenters. The monoisotopic (exact) mass is 347 g/mol. The van der Waals surface area contributed by atoms with Gasteiger partial charge in [-0.15, -0.1) is 0 Å². The summed E-state index contributed by atoms with van der Waals surface area (Å²) >= 11 is 0. The number of hydrogen-bond acceptors (Lipinski definition) is 5. The van der Waals surface area contributed by atoms with E-state index in [0.29, 0.717) is 0 Å². The molecule has 132 valence electrons. The molecule has 7 nitrogen and oxygen atoms in total. The van der Waals surface area contributed by atoms with Crippen LogP contribution in [0.15, 0.2) is 30.7 Å². The Bertz CT molecular complexity index is 1100. The molecule has 1 aliphatic rings. The van der Waals surface area contributed by atoms with E-state index in [0.717, 1.165) is 54.3 Å². The molecule has 0 unspecified atom stereocenters. The van der Waals surface area contributed by atoms with Crippen LogP contribution in [0.2, 0.25) is 0 Å². The van der Waals surface area contributed by atoms with Gasteiger partial charge in [0, 0.05) is 43.3 Å². The van der Waals surface area contributed by atoms with E-state index in [1.54, 1.807) is 6.33 Å². The van der Waals surface area contributed by atoms with Gasteiger partial charge >= 0.3 is 0 Å². The van der Waals surface area contributed by atoms with E-state index in [4.69, 9.17) is 0 Å². The van der Waals surface area contributed by atoms with Crippen molar-refractivity contribution >= 4 is 22.4 Å². The molecule has 0 amide bonds. The summed E-state index contributed by atoms with van der Waals surface area (Å²) in [6.07, 6.45) is 3.63. The highest BCUT2D eigenvalue weighted by atomic mass is 15.3. The van der Waals surface area contributed by atoms with Crippen molar-refractivity contribution < 1.29 is 0 Å². The van der Waals surface area contributed by atoms with E-state index in [1.807, 2.05) is 10.7 Å². The average Bonchev–Trinajstić information content (AvgIpc) is 3.28. The number of aromatic nitrogens is 5. The van der Waals surface area contributed by atoms with Crippen LogP contribution in [0.3, 0.4) is 0 Å². The summed E-state index contributed by atoms with van der Waals surface area (Å²) < 4.78 is 1.84. The van der Waals surface area contributed by atoms with E-state index in [-0.39, 0.29) is 0 Å². The fourth-order valence-electron chi connectivity index (χ4n) is 3.83. The molecule has 0 saturated carbocycles. The Hall–Kier alpha value is -2.93. The molecule has 0 aliphatic carbocycles. The fourth-order valence-corrected chi connectivity index (χ4v) is 3.83. The molecule has 3 aromatic heterocycles. The Balaban J connectivity index is 1.63. The number of aromatic amines is 1. The standard InChI is InChI=1S/C19H21N7/c1-12-8-16-17(23-24-19(16)25-5-3-20-4-6-25)9-15(12)14-7-13(2)18-21-11-22-26(18)10-14/h7-11,20H,3-6H2,1-2H3,(H,23,24). The lowest BCUT2D eigenvalue weighted by Gasteiger charge is -2.27. The van der Waals surface area contributed by atoms with Gasteiger partial charge in [-0.05, 0) is 48.7 Å². The molecule has 0 radical (unpaired) electrons. The Morgan fingerprint density at radius 2 is 1.88 bits per heavy atom. The predicted octanol–water partition coefficient (Wildman–Crippen LogP) is 2.30. The van der Waals surface area contributed by atoms with Gasteiger partial charge < -0.3 is 10.2 Å². The molecule has 4 aromatic rings. The molecule has 1 fully saturated rings. The van der Waals surface area contributed by atoms with Crippen molar-refractivity contribution in [2.75, 3.05) is 31.1 Å². The number of benzene rings is 1. The minimum atomic E-state index is 0.898. The van der Waals surface area contributed by atoms with E-state index >= 15 is 0 Å². The number of fused-ring (bicyclic) bond motifs is 2. The SMILES string of the molecule is Cc1cc2c(N3CCNCC3)n[nH]c2cc1-c1cc(C)c2ncnn2c1. The quantitative estimate of drug-likeness (QED) is 0.582. The van der Waals surface area contributed by atoms with Crippen molar-refractivity contribution in [3.8, 4) is 11.1 Å². The van der Waals surface area contributed by atoms with Crippen LogP contribution in [0, 0.1) is 13.8 Å². The second kappa shape index (κ2) is 5.81. The lowest BCUT2D eigenvalue weighted by Crippen LogP contribution is -2.43. The highest BCUT2D eigenvalue weighted by Crippen LogP contribution is 2.32. The van der Waals surface area contributed by atoms with Crippen LogP contribution in [0.4, 0.5) is 5.82 Å². The van der Waals surface area contributed by atoms with Crippen molar-refractivity contribution in [1.29, 1.82) is 0 Å². The van der Waals surface area contributed by atoms with E-state index in [2.05, 4.69) is 62.5 Å². The molecule has 5 rings (SSSR count). The highest BCUT2D eigenvalue weighted by molar-refractivity contribution is 5.94. The predicted molar refractivity (Wildman–Crippen MR) is 103 cm³/mol. The van der Waals surface area contributed by atoms with Crippen molar-refractivity contribution in [3.05, 3.63) is 41.9 Å². The normalized spacial score (nSPS) is 15.2. The number of anilines is 1. The van der Waals surface area contributed by atoms with Crippen molar-refractivity contribution in [3.63, 3.8) is 0 Å². The Labute approximate surface area is 151 Å². The lowest BCUT2D eigenvalue weighted by molar-refractivity contribution is 0.585. The molecule has 1 aliphatic heterocycles. The maximum Gasteiger partial charge on any atom is 0.158 e. The summed E-state index contributed by atoms with van der Waals surface area (Å²) in [6, 6.07) is 6.61. The first kappa shape index (κ1) is 15.3. The average molecular weight is 347 g/mol. The zero-order valence-corrected chi connectivity index (χ0v) is 15.0. The Morgan fingerprint density at radius 3 is 2.73 bits per heavy atom. The zero-order chi connectivity index (χ0) is 17.7. The molecular formula is C19H21N7. The van der Waals surface area contributed by atoms with Crippen LogP contribution in [0.5, 0.6) is 0 Å². The minimum absolute atomic E-state index is 0.898. The van der Waals surface area contributed by atoms with Crippen LogP contribution >= 0.6 is 0 Å². The Morgan fingerprint density at radius 1 is 1.04 bits per heavy atom. The van der Waals surface area contributed by atoms with Crippen LogP contribution in [-0.2, 0) is 0 Å². The number of nitrogens with zero attached hydrogens (tertiary/aromatic N) is 5. The molecule has 26 heavy (non-hydrogen) atoms. The number of pyridine rings is 1. The minimum Gasteiger partial charge on any atom is -0.352 e. The van der Waals surface area contributed by atoms with Crippen molar-refractivity contribution in [2.45, 2.75) is 13.8 Å². The van der Waals surface area contributed by atoms with E-state index in [1.165, 1.54) is 16.5 Å². The molecule has 1 aromatic carbocycles. The second-order valence-electron chi connectivity index (χ2n) is 6.94. The summed E-state index contributed by atoms with van der Waals surface area (Å²) in [7, 11) is 0. The molecule has 0 bridgehead atoms. The van der Waals surface area contributed by atoms with Gasteiger partial charge in [0.2, 0.25) is 0 Å². The number of aryl methyl sites for hydroxylation is 2. The molecule has 1 saturated heterocycles. The van der Waals surface area contributed by atoms with Gasteiger partial charge in [-0.25, -0.2) is 9.50 Å². The zero-order valence-electron chi connectivity index (χ0n) is 15.0. The number of hydrogen-bond donors (Lipinski definition) is 2. The van der Waals surface area contributed by atoms with Crippen LogP contribution in [-0.4, -0.2) is 51.0 Å². The van der Waals surface area contributed by atoms with E-state index in [9.17, 15) is 0 Å². The molecular weight excluding hydrogens is 326 g/mol. The summed E-state index contributed by atoms with van der Waals surface area (Å²) in [6.45, 7) is 8.21. The molecule has 4 heterocycles. The van der Waals surface area contributed by atoms with Gasteiger partial charge in [0.25, 0.3) is 0 Å². The van der Waals surface area contributed by atoms with Gasteiger partial charge in [0.15, 0.2) is 11.5 Å². The first-order valence-corrected chi connectivity index (χ1v) is 8.95. The fraction of sp³-hybridized carbons (Fsp3) is 0.316. The third-order valence-corrected chi connectivity index (χ3v) is 5.17. The number of H-pyrrole nitrogens is 1. The van der Waals surface area contributed by atoms with Crippen LogP contribution in [0.25, 0.3) is 27.7 Å². The summed E-state index contributed by atoms with van der Waals surface area (Å²) in [5, 5.41) is 16.7. The number of nitrogens with one attached hydrogen (secondary N) is 2. The maximum atomic E-state index is 4.60. The van der Waals surface area contributed by atoms with Gasteiger partial charge in [0.1, 0.15) is 6.33 Å². The summed E-state index contributed by atoms with van der Waals surface area (Å²) in [5.74, 6) is 1.05. The summed E-state index contributed by atoms with van der Waals surface area (Å²) in [5.41, 5.74) is 6.64. The lowest BCUT2D eigenvalue weighted by atomic mass is 9.99. The van der Waals surface area contributed by atoms with Crippen molar-refractivity contribution in [2.24, 2.45) is 0 Å². The largest absolute Gasteiger partial charge is 0.352 e. The topological polar surface area (TPSA) is 74.1 Å². The molecule has 7 heteroatoms. The van der Waals surface area contributed by atoms with Gasteiger partial charge in [-0.2, -0.15) is 10.2 Å². The number of piperazine rings is 1. The molecule has 2 N–H and O–H groups in total. The van der Waals surface area contributed by atoms with Crippen LogP contribution in [0.1, 0.15) is 11.1 Å². The first-order chi connectivity index (χ1) is 12.7. The molecule has 0 spiro atoms. The first-order valence-electron chi connectivity index (χ1n) is 8.95. The van der Waals surface area contributed by atoms with Crippen molar-refractivity contribution in [1.82, 2.24) is 30.1 Å². The third kappa shape index (κ3) is 2.35. The van der Waals surface area contributed by atoms with E-state index < -0.39 is 0 Å². The van der Waals surface area contributed by atoms with Gasteiger partial charge in [0.05, 0.1) is 5.52 Å². The highest BCUT2D eigenvalue weighted by Gasteiger charge is 2.18. The van der Waals surface area contributed by atoms with Gasteiger partial charge in [-0.3, -0.25) is 5.10 Å². The van der Waals surface area contributed by atoms with Gasteiger partial charge in [-0.1, -0.05) is 0 Å². The maximum absolute atomic E-state index is 4.60. The van der Waals surface area contributed by atoms with Crippen LogP contribution < -0.4 is 10.2 Å². The third-order valence-electron chi connectivity index (χ3n) is 5.17. The number of rotatable bonds is 2. The summed E-state index contributed by atoms with van der Waals surface area (Å²) in [4.78, 5) is 6.65.